The van der Waals surface area contributed by atoms with Crippen LogP contribution in [0.4, 0.5) is 0 Å². The van der Waals surface area contributed by atoms with Crippen molar-refractivity contribution in [2.24, 2.45) is 0 Å². The molecule has 1 N–H and O–H groups in total. The second-order valence-electron chi connectivity index (χ2n) is 3.40. The number of hydrogen-bond acceptors (Lipinski definition) is 3. The molecular weight excluding hydrogens is 208 g/mol. The first-order chi connectivity index (χ1) is 7.74. The smallest absolute Gasteiger partial charge is 0.361 e. The minimum absolute atomic E-state index is 0.392. The molecule has 0 spiro atoms. The molecular formula is C11H12N2O3. The second-order valence-corrected chi connectivity index (χ2v) is 3.40. The van der Waals surface area contributed by atoms with Crippen molar-refractivity contribution in [3.05, 3.63) is 45.1 Å². The van der Waals surface area contributed by atoms with Gasteiger partial charge in [0.2, 0.25) is 0 Å². The number of fused-ring (bicyclic) bond motifs is 1. The molecule has 1 aromatic heterocycles. The summed E-state index contributed by atoms with van der Waals surface area (Å²) in [6.45, 7) is 2.37. The van der Waals surface area contributed by atoms with Crippen LogP contribution in [-0.2, 0) is 0 Å². The minimum Gasteiger partial charge on any atom is -0.409 e. The van der Waals surface area contributed by atoms with E-state index < -0.39 is 11.2 Å². The van der Waals surface area contributed by atoms with Gasteiger partial charge in [-0.1, -0.05) is 19.1 Å². The predicted molar refractivity (Wildman–Crippen MR) is 60.6 cm³/mol. The third-order valence-electron chi connectivity index (χ3n) is 2.20. The number of para-hydroxylation sites is 1. The maximum atomic E-state index is 11.5. The molecule has 0 saturated heterocycles. The Morgan fingerprint density at radius 1 is 1.31 bits per heavy atom. The van der Waals surface area contributed by atoms with Crippen molar-refractivity contribution in [3.63, 3.8) is 0 Å². The van der Waals surface area contributed by atoms with E-state index in [1.54, 1.807) is 24.3 Å². The van der Waals surface area contributed by atoms with Gasteiger partial charge in [0.05, 0.1) is 10.9 Å². The first-order valence-electron chi connectivity index (χ1n) is 5.11. The Bertz CT molecular complexity index is 612. The highest BCUT2D eigenvalue weighted by atomic mass is 16.7. The summed E-state index contributed by atoms with van der Waals surface area (Å²) in [5, 5.41) is 0.443. The zero-order valence-electron chi connectivity index (χ0n) is 8.90. The monoisotopic (exact) mass is 220 g/mol. The highest BCUT2D eigenvalue weighted by molar-refractivity contribution is 5.77. The lowest BCUT2D eigenvalue weighted by atomic mass is 10.2. The normalized spacial score (nSPS) is 10.6. The molecule has 0 fully saturated rings. The van der Waals surface area contributed by atoms with Gasteiger partial charge in [-0.25, -0.2) is 4.79 Å². The maximum Gasteiger partial charge on any atom is 0.361 e. The number of benzene rings is 1. The zero-order valence-corrected chi connectivity index (χ0v) is 8.90. The average Bonchev–Trinajstić information content (AvgIpc) is 2.29. The molecule has 0 aliphatic heterocycles. The fourth-order valence-electron chi connectivity index (χ4n) is 1.48. The Morgan fingerprint density at radius 3 is 2.81 bits per heavy atom. The molecule has 0 unspecified atom stereocenters. The molecule has 0 amide bonds. The van der Waals surface area contributed by atoms with E-state index in [0.717, 1.165) is 11.2 Å². The number of nitrogens with zero attached hydrogens (tertiary/aromatic N) is 1. The lowest BCUT2D eigenvalue weighted by Crippen LogP contribution is -2.34. The van der Waals surface area contributed by atoms with Crippen molar-refractivity contribution in [2.75, 3.05) is 6.61 Å². The van der Waals surface area contributed by atoms with Gasteiger partial charge in [-0.15, -0.1) is 4.73 Å². The number of aromatic amines is 1. The predicted octanol–water partition coefficient (Wildman–Crippen LogP) is 0.528. The van der Waals surface area contributed by atoms with Gasteiger partial charge in [0, 0.05) is 0 Å². The molecule has 1 aromatic carbocycles. The molecule has 0 radical (unpaired) electrons. The molecule has 2 rings (SSSR count). The quantitative estimate of drug-likeness (QED) is 0.820. The summed E-state index contributed by atoms with van der Waals surface area (Å²) in [6.07, 6.45) is 0.792. The summed E-state index contributed by atoms with van der Waals surface area (Å²) in [7, 11) is 0. The summed E-state index contributed by atoms with van der Waals surface area (Å²) in [6, 6.07) is 6.83. The van der Waals surface area contributed by atoms with E-state index in [1.807, 2.05) is 6.92 Å². The van der Waals surface area contributed by atoms with E-state index in [1.165, 1.54) is 0 Å². The lowest BCUT2D eigenvalue weighted by molar-refractivity contribution is 0.109. The SMILES string of the molecule is CCCOn1c(=O)[nH]c(=O)c2ccccc21. The van der Waals surface area contributed by atoms with Gasteiger partial charge in [0.1, 0.15) is 6.61 Å². The number of nitrogens with one attached hydrogen (secondary N) is 1. The van der Waals surface area contributed by atoms with Crippen molar-refractivity contribution in [1.29, 1.82) is 0 Å². The Kier molecular flexibility index (Phi) is 2.76. The lowest BCUT2D eigenvalue weighted by Gasteiger charge is -2.09. The van der Waals surface area contributed by atoms with Crippen LogP contribution in [0, 0.1) is 0 Å². The highest BCUT2D eigenvalue weighted by Crippen LogP contribution is 2.04. The Hall–Kier alpha value is -2.04. The van der Waals surface area contributed by atoms with Gasteiger partial charge in [-0.3, -0.25) is 9.78 Å². The number of H-pyrrole nitrogens is 1. The van der Waals surface area contributed by atoms with Crippen molar-refractivity contribution in [1.82, 2.24) is 9.71 Å². The van der Waals surface area contributed by atoms with Crippen LogP contribution in [0.5, 0.6) is 0 Å². The van der Waals surface area contributed by atoms with Crippen LogP contribution >= 0.6 is 0 Å². The molecule has 2 aromatic rings. The molecule has 0 aliphatic rings. The summed E-state index contributed by atoms with van der Waals surface area (Å²) < 4.78 is 1.13. The van der Waals surface area contributed by atoms with Crippen LogP contribution in [0.25, 0.3) is 10.9 Å². The maximum absolute atomic E-state index is 11.5. The molecule has 0 atom stereocenters. The van der Waals surface area contributed by atoms with E-state index in [9.17, 15) is 9.59 Å². The van der Waals surface area contributed by atoms with Crippen LogP contribution in [0.2, 0.25) is 0 Å². The first kappa shape index (κ1) is 10.5. The van der Waals surface area contributed by atoms with Gasteiger partial charge in [-0.05, 0) is 18.6 Å². The first-order valence-corrected chi connectivity index (χ1v) is 5.11. The molecule has 5 nitrogen and oxygen atoms in total. The molecule has 0 saturated carbocycles. The molecule has 1 heterocycles. The zero-order chi connectivity index (χ0) is 11.5. The van der Waals surface area contributed by atoms with Gasteiger partial charge < -0.3 is 4.84 Å². The topological polar surface area (TPSA) is 64.1 Å². The van der Waals surface area contributed by atoms with Crippen LogP contribution in [0.15, 0.2) is 33.9 Å². The van der Waals surface area contributed by atoms with Crippen LogP contribution in [0.3, 0.4) is 0 Å². The van der Waals surface area contributed by atoms with Gasteiger partial charge in [0.25, 0.3) is 5.56 Å². The van der Waals surface area contributed by atoms with E-state index in [2.05, 4.69) is 4.98 Å². The van der Waals surface area contributed by atoms with Gasteiger partial charge in [-0.2, -0.15) is 0 Å². The molecule has 0 aliphatic carbocycles. The Labute approximate surface area is 91.2 Å². The third-order valence-corrected chi connectivity index (χ3v) is 2.20. The number of hydrogen-bond donors (Lipinski definition) is 1. The van der Waals surface area contributed by atoms with Gasteiger partial charge >= 0.3 is 5.69 Å². The third kappa shape index (κ3) is 1.71. The van der Waals surface area contributed by atoms with E-state index >= 15 is 0 Å². The molecule has 5 heteroatoms. The Morgan fingerprint density at radius 2 is 2.06 bits per heavy atom. The summed E-state index contributed by atoms with van der Waals surface area (Å²) in [4.78, 5) is 30.5. The molecule has 0 bridgehead atoms. The highest BCUT2D eigenvalue weighted by Gasteiger charge is 2.06. The van der Waals surface area contributed by atoms with Crippen molar-refractivity contribution < 1.29 is 4.84 Å². The largest absolute Gasteiger partial charge is 0.409 e. The van der Waals surface area contributed by atoms with Crippen LogP contribution in [-0.4, -0.2) is 16.3 Å². The average molecular weight is 220 g/mol. The number of rotatable bonds is 3. The fraction of sp³-hybridized carbons (Fsp3) is 0.273. The minimum atomic E-state index is -0.544. The van der Waals surface area contributed by atoms with Crippen LogP contribution < -0.4 is 16.1 Å². The summed E-state index contributed by atoms with van der Waals surface area (Å²) >= 11 is 0. The summed E-state index contributed by atoms with van der Waals surface area (Å²) in [5.74, 6) is 0. The summed E-state index contributed by atoms with van der Waals surface area (Å²) in [5.41, 5.74) is -0.446. The van der Waals surface area contributed by atoms with Gasteiger partial charge in [0.15, 0.2) is 0 Å². The standard InChI is InChI=1S/C11H12N2O3/c1-2-7-16-13-9-6-4-3-5-8(9)10(14)12-11(13)15/h3-6H,2,7H2,1H3,(H,12,14,15). The number of aromatic nitrogens is 2. The van der Waals surface area contributed by atoms with E-state index in [-0.39, 0.29) is 0 Å². The van der Waals surface area contributed by atoms with Crippen molar-refractivity contribution >= 4 is 10.9 Å². The van der Waals surface area contributed by atoms with Crippen molar-refractivity contribution in [2.45, 2.75) is 13.3 Å². The Balaban J connectivity index is 2.72. The van der Waals surface area contributed by atoms with Crippen LogP contribution in [0.1, 0.15) is 13.3 Å². The molecule has 16 heavy (non-hydrogen) atoms. The van der Waals surface area contributed by atoms with E-state index in [4.69, 9.17) is 4.84 Å². The fourth-order valence-corrected chi connectivity index (χ4v) is 1.48. The van der Waals surface area contributed by atoms with E-state index in [0.29, 0.717) is 17.5 Å². The second kappa shape index (κ2) is 4.22. The van der Waals surface area contributed by atoms with Crippen molar-refractivity contribution in [3.8, 4) is 0 Å². The molecule has 84 valence electrons.